The minimum absolute atomic E-state index is 0.0390. The summed E-state index contributed by atoms with van der Waals surface area (Å²) in [7, 11) is 0. The number of pyridine rings is 2. The van der Waals surface area contributed by atoms with Crippen LogP contribution in [0.5, 0.6) is 0 Å². The van der Waals surface area contributed by atoms with Gasteiger partial charge in [-0.25, -0.2) is 18.6 Å². The second-order valence-electron chi connectivity index (χ2n) is 9.97. The molecule has 0 unspecified atom stereocenters. The first-order valence-electron chi connectivity index (χ1n) is 12.1. The van der Waals surface area contributed by atoms with Crippen LogP contribution < -0.4 is 16.0 Å². The van der Waals surface area contributed by atoms with Crippen molar-refractivity contribution in [1.29, 1.82) is 5.26 Å². The third-order valence-corrected chi connectivity index (χ3v) is 5.88. The SMILES string of the molecule is Cc1ncc(Nc2nc(N[C@@H]3CCC[C@H](F)[C@@H]3NC(=O)OC(C)(C)C)c(F)cc2C#N)cc1-n1nccn1. The molecule has 0 radical (unpaired) electrons. The molecular weight excluding hydrogens is 496 g/mol. The standard InChI is InChI=1S/C25H29F2N9O2/c1-14-20(36-30-8-9-31-36)11-16(13-29-14)32-22-15(12-28)10-18(27)23(35-22)33-19-7-5-6-17(26)21(19)34-24(37)38-25(2,3)4/h8-11,13,17,19,21H,5-7H2,1-4H3,(H,34,37)(H2,32,33,35)/t17-,19+,21-/m0/s1. The van der Waals surface area contributed by atoms with Crippen molar-refractivity contribution in [3.63, 3.8) is 0 Å². The Labute approximate surface area is 218 Å². The van der Waals surface area contributed by atoms with Crippen LogP contribution in [0.15, 0.2) is 30.7 Å². The van der Waals surface area contributed by atoms with Gasteiger partial charge in [0.15, 0.2) is 17.5 Å². The van der Waals surface area contributed by atoms with Crippen LogP contribution in [0.4, 0.5) is 30.9 Å². The van der Waals surface area contributed by atoms with Crippen molar-refractivity contribution in [2.75, 3.05) is 10.6 Å². The summed E-state index contributed by atoms with van der Waals surface area (Å²) in [6.45, 7) is 6.92. The number of hydrogen-bond donors (Lipinski definition) is 3. The normalized spacial score (nSPS) is 19.3. The smallest absolute Gasteiger partial charge is 0.408 e. The topological polar surface area (TPSA) is 143 Å². The van der Waals surface area contributed by atoms with Gasteiger partial charge < -0.3 is 20.7 Å². The highest BCUT2D eigenvalue weighted by atomic mass is 19.1. The summed E-state index contributed by atoms with van der Waals surface area (Å²) in [5, 5.41) is 26.3. The van der Waals surface area contributed by atoms with E-state index in [1.54, 1.807) is 33.8 Å². The minimum atomic E-state index is -1.36. The summed E-state index contributed by atoms with van der Waals surface area (Å²) < 4.78 is 35.1. The molecule has 3 heterocycles. The fraction of sp³-hybridized carbons (Fsp3) is 0.440. The predicted molar refractivity (Wildman–Crippen MR) is 135 cm³/mol. The molecule has 3 aromatic heterocycles. The Morgan fingerprint density at radius 2 is 1.95 bits per heavy atom. The van der Waals surface area contributed by atoms with Gasteiger partial charge in [0.05, 0.1) is 47.6 Å². The van der Waals surface area contributed by atoms with E-state index in [1.165, 1.54) is 23.4 Å². The van der Waals surface area contributed by atoms with Crippen LogP contribution >= 0.6 is 0 Å². The van der Waals surface area contributed by atoms with Crippen LogP contribution in [0.2, 0.25) is 0 Å². The number of rotatable bonds is 6. The molecule has 1 aliphatic rings. The van der Waals surface area contributed by atoms with Gasteiger partial charge in [0.2, 0.25) is 0 Å². The molecule has 200 valence electrons. The number of anilines is 3. The van der Waals surface area contributed by atoms with Crippen molar-refractivity contribution in [2.45, 2.75) is 70.8 Å². The molecule has 3 N–H and O–H groups in total. The number of carbonyl (C=O) groups excluding carboxylic acids is 1. The van der Waals surface area contributed by atoms with Gasteiger partial charge in [0, 0.05) is 0 Å². The Balaban J connectivity index is 1.59. The fourth-order valence-corrected chi connectivity index (χ4v) is 4.16. The molecule has 0 bridgehead atoms. The zero-order valence-electron chi connectivity index (χ0n) is 21.5. The van der Waals surface area contributed by atoms with Crippen molar-refractivity contribution < 1.29 is 18.3 Å². The third-order valence-electron chi connectivity index (χ3n) is 5.88. The van der Waals surface area contributed by atoms with Crippen molar-refractivity contribution in [3.8, 4) is 11.8 Å². The molecule has 0 aromatic carbocycles. The molecule has 4 rings (SSSR count). The van der Waals surface area contributed by atoms with Gasteiger partial charge in [-0.2, -0.15) is 15.5 Å². The zero-order chi connectivity index (χ0) is 27.4. The average Bonchev–Trinajstić information content (AvgIpc) is 3.38. The van der Waals surface area contributed by atoms with Gasteiger partial charge >= 0.3 is 6.09 Å². The van der Waals surface area contributed by atoms with E-state index in [0.717, 1.165) is 6.07 Å². The number of nitrogens with zero attached hydrogens (tertiary/aromatic N) is 6. The molecule has 0 aliphatic heterocycles. The van der Waals surface area contributed by atoms with E-state index in [-0.39, 0.29) is 23.6 Å². The van der Waals surface area contributed by atoms with Gasteiger partial charge in [0.25, 0.3) is 0 Å². The van der Waals surface area contributed by atoms with Gasteiger partial charge in [-0.15, -0.1) is 4.80 Å². The fourth-order valence-electron chi connectivity index (χ4n) is 4.16. The molecule has 0 saturated heterocycles. The van der Waals surface area contributed by atoms with E-state index in [9.17, 15) is 18.8 Å². The zero-order valence-corrected chi connectivity index (χ0v) is 21.5. The van der Waals surface area contributed by atoms with E-state index >= 15 is 0 Å². The highest BCUT2D eigenvalue weighted by Crippen LogP contribution is 2.29. The third kappa shape index (κ3) is 6.31. The number of amides is 1. The Morgan fingerprint density at radius 1 is 1.21 bits per heavy atom. The number of ether oxygens (including phenoxy) is 1. The van der Waals surface area contributed by atoms with Gasteiger partial charge in [-0.3, -0.25) is 4.98 Å². The number of halogens is 2. The van der Waals surface area contributed by atoms with E-state index in [2.05, 4.69) is 36.1 Å². The first kappa shape index (κ1) is 26.7. The molecule has 1 saturated carbocycles. The van der Waals surface area contributed by atoms with E-state index in [0.29, 0.717) is 29.9 Å². The largest absolute Gasteiger partial charge is 0.444 e. The van der Waals surface area contributed by atoms with Crippen LogP contribution in [0, 0.1) is 24.1 Å². The van der Waals surface area contributed by atoms with Crippen LogP contribution in [-0.4, -0.2) is 54.9 Å². The molecule has 3 aromatic rings. The second-order valence-corrected chi connectivity index (χ2v) is 9.97. The summed E-state index contributed by atoms with van der Waals surface area (Å²) >= 11 is 0. The number of nitrogens with one attached hydrogen (secondary N) is 3. The molecular formula is C25H29F2N9O2. The van der Waals surface area contributed by atoms with Crippen LogP contribution in [-0.2, 0) is 4.74 Å². The number of carbonyl (C=O) groups is 1. The number of alkyl carbamates (subject to hydrolysis) is 1. The summed E-state index contributed by atoms with van der Waals surface area (Å²) in [6, 6.07) is 3.07. The highest BCUT2D eigenvalue weighted by Gasteiger charge is 2.36. The number of alkyl halides is 1. The first-order valence-corrected chi connectivity index (χ1v) is 12.1. The maximum Gasteiger partial charge on any atom is 0.408 e. The lowest BCUT2D eigenvalue weighted by atomic mass is 9.88. The lowest BCUT2D eigenvalue weighted by Gasteiger charge is -2.36. The molecule has 3 atom stereocenters. The maximum atomic E-state index is 15.0. The van der Waals surface area contributed by atoms with Gasteiger partial charge in [0.1, 0.15) is 23.5 Å². The van der Waals surface area contributed by atoms with Crippen molar-refractivity contribution in [1.82, 2.24) is 30.3 Å². The molecule has 1 fully saturated rings. The number of nitriles is 1. The van der Waals surface area contributed by atoms with Gasteiger partial charge in [-0.05, 0) is 59.1 Å². The summed E-state index contributed by atoms with van der Waals surface area (Å²) in [6.07, 6.45) is 3.74. The molecule has 13 heteroatoms. The number of hydrogen-bond acceptors (Lipinski definition) is 9. The lowest BCUT2D eigenvalue weighted by Crippen LogP contribution is -2.55. The molecule has 1 aliphatic carbocycles. The molecule has 0 spiro atoms. The minimum Gasteiger partial charge on any atom is -0.444 e. The number of aryl methyl sites for hydroxylation is 1. The van der Waals surface area contributed by atoms with E-state index in [1.807, 2.05) is 6.07 Å². The predicted octanol–water partition coefficient (Wildman–Crippen LogP) is 4.32. The van der Waals surface area contributed by atoms with E-state index in [4.69, 9.17) is 4.74 Å². The quantitative estimate of drug-likeness (QED) is 0.429. The van der Waals surface area contributed by atoms with Gasteiger partial charge in [-0.1, -0.05) is 0 Å². The van der Waals surface area contributed by atoms with Crippen molar-refractivity contribution in [2.24, 2.45) is 0 Å². The van der Waals surface area contributed by atoms with E-state index < -0.39 is 35.8 Å². The summed E-state index contributed by atoms with van der Waals surface area (Å²) in [5.74, 6) is -0.895. The Morgan fingerprint density at radius 3 is 2.63 bits per heavy atom. The number of aromatic nitrogens is 5. The van der Waals surface area contributed by atoms with Crippen LogP contribution in [0.25, 0.3) is 5.69 Å². The molecule has 1 amide bonds. The Kier molecular flexibility index (Phi) is 7.70. The Bertz CT molecular complexity index is 1340. The summed E-state index contributed by atoms with van der Waals surface area (Å²) in [5.41, 5.74) is 0.945. The van der Waals surface area contributed by atoms with Crippen molar-refractivity contribution in [3.05, 3.63) is 47.8 Å². The summed E-state index contributed by atoms with van der Waals surface area (Å²) in [4.78, 5) is 22.4. The monoisotopic (exact) mass is 525 g/mol. The van der Waals surface area contributed by atoms with Crippen LogP contribution in [0.1, 0.15) is 51.3 Å². The highest BCUT2D eigenvalue weighted by molar-refractivity contribution is 5.69. The maximum absolute atomic E-state index is 15.0. The Hall–Kier alpha value is -4.34. The molecule has 38 heavy (non-hydrogen) atoms. The average molecular weight is 526 g/mol. The lowest BCUT2D eigenvalue weighted by molar-refractivity contribution is 0.0442. The van der Waals surface area contributed by atoms with Crippen LogP contribution in [0.3, 0.4) is 0 Å². The van der Waals surface area contributed by atoms with Crippen molar-refractivity contribution >= 4 is 23.4 Å². The first-order chi connectivity index (χ1) is 18.0. The molecule has 11 nitrogen and oxygen atoms in total. The second kappa shape index (κ2) is 11.0.